The first-order valence-electron chi connectivity index (χ1n) is 6.36. The molecule has 0 aliphatic heterocycles. The average molecular weight is 286 g/mol. The van der Waals surface area contributed by atoms with Crippen LogP contribution >= 0.6 is 0 Å². The Kier molecular flexibility index (Phi) is 5.34. The Bertz CT molecular complexity index is 541. The molecule has 3 N–H and O–H groups in total. The first-order valence-corrected chi connectivity index (χ1v) is 7.80. The lowest BCUT2D eigenvalue weighted by Crippen LogP contribution is -2.30. The third-order valence-corrected chi connectivity index (χ3v) is 5.09. The van der Waals surface area contributed by atoms with Crippen molar-refractivity contribution in [3.05, 3.63) is 23.3 Å². The van der Waals surface area contributed by atoms with E-state index in [0.29, 0.717) is 17.7 Å². The van der Waals surface area contributed by atoms with Gasteiger partial charge in [-0.3, -0.25) is 0 Å². The van der Waals surface area contributed by atoms with E-state index in [1.807, 2.05) is 19.9 Å². The van der Waals surface area contributed by atoms with E-state index in [0.717, 1.165) is 16.3 Å². The van der Waals surface area contributed by atoms with E-state index < -0.39 is 10.0 Å². The molecule has 0 radical (unpaired) electrons. The Morgan fingerprint density at radius 3 is 2.37 bits per heavy atom. The highest BCUT2D eigenvalue weighted by Crippen LogP contribution is 2.27. The summed E-state index contributed by atoms with van der Waals surface area (Å²) in [5, 5.41) is 8.90. The zero-order valence-corrected chi connectivity index (χ0v) is 12.5. The molecule has 108 valence electrons. The lowest BCUT2D eigenvalue weighted by atomic mass is 10.1. The van der Waals surface area contributed by atoms with Crippen LogP contribution in [0.2, 0.25) is 0 Å². The summed E-state index contributed by atoms with van der Waals surface area (Å²) in [5.41, 5.74) is 7.99. The first-order chi connectivity index (χ1) is 8.88. The number of aryl methyl sites for hydroxylation is 1. The fraction of sp³-hybridized carbons (Fsp3) is 0.538. The van der Waals surface area contributed by atoms with Crippen LogP contribution in [0.1, 0.15) is 25.0 Å². The van der Waals surface area contributed by atoms with Gasteiger partial charge in [-0.25, -0.2) is 8.42 Å². The number of benzene rings is 1. The molecule has 0 aliphatic rings. The summed E-state index contributed by atoms with van der Waals surface area (Å²) in [4.78, 5) is 0.253. The van der Waals surface area contributed by atoms with Crippen molar-refractivity contribution < 1.29 is 13.5 Å². The molecule has 0 heterocycles. The maximum absolute atomic E-state index is 12.5. The summed E-state index contributed by atoms with van der Waals surface area (Å²) < 4.78 is 26.1. The van der Waals surface area contributed by atoms with Gasteiger partial charge < -0.3 is 10.8 Å². The number of hydrogen-bond donors (Lipinski definition) is 2. The van der Waals surface area contributed by atoms with Crippen LogP contribution in [0.25, 0.3) is 0 Å². The van der Waals surface area contributed by atoms with Gasteiger partial charge in [-0.05, 0) is 36.1 Å². The van der Waals surface area contributed by atoms with E-state index in [1.54, 1.807) is 6.07 Å². The molecule has 0 amide bonds. The quantitative estimate of drug-likeness (QED) is 0.764. The Hall–Kier alpha value is -1.11. The van der Waals surface area contributed by atoms with Gasteiger partial charge in [-0.2, -0.15) is 4.31 Å². The van der Waals surface area contributed by atoms with Gasteiger partial charge >= 0.3 is 0 Å². The lowest BCUT2D eigenvalue weighted by molar-refractivity contribution is 0.266. The van der Waals surface area contributed by atoms with Gasteiger partial charge in [0.25, 0.3) is 0 Å². The van der Waals surface area contributed by atoms with Crippen LogP contribution in [-0.2, 0) is 22.9 Å². The minimum absolute atomic E-state index is 0.0712. The highest BCUT2D eigenvalue weighted by Gasteiger charge is 2.24. The van der Waals surface area contributed by atoms with Crippen molar-refractivity contribution in [2.45, 2.75) is 31.6 Å². The fourth-order valence-electron chi connectivity index (χ4n) is 1.97. The van der Waals surface area contributed by atoms with Gasteiger partial charge in [0, 0.05) is 19.3 Å². The number of nitrogens with zero attached hydrogens (tertiary/aromatic N) is 1. The number of nitrogen functional groups attached to an aromatic ring is 1. The summed E-state index contributed by atoms with van der Waals surface area (Å²) in [6.07, 6.45) is 1.28. The minimum Gasteiger partial charge on any atom is -0.398 e. The van der Waals surface area contributed by atoms with Crippen molar-refractivity contribution in [1.82, 2.24) is 4.31 Å². The van der Waals surface area contributed by atoms with E-state index in [9.17, 15) is 8.42 Å². The van der Waals surface area contributed by atoms with Gasteiger partial charge in [0.15, 0.2) is 0 Å². The normalized spacial score (nSPS) is 12.1. The van der Waals surface area contributed by atoms with Crippen molar-refractivity contribution in [2.75, 3.05) is 25.9 Å². The second-order valence-electron chi connectivity index (χ2n) is 4.42. The van der Waals surface area contributed by atoms with E-state index in [-0.39, 0.29) is 18.0 Å². The zero-order valence-electron chi connectivity index (χ0n) is 11.7. The summed E-state index contributed by atoms with van der Waals surface area (Å²) in [6, 6.07) is 3.50. The molecule has 0 saturated carbocycles. The molecule has 0 bridgehead atoms. The average Bonchev–Trinajstić information content (AvgIpc) is 2.37. The van der Waals surface area contributed by atoms with Gasteiger partial charge in [-0.15, -0.1) is 0 Å². The Balaban J connectivity index is 3.43. The van der Waals surface area contributed by atoms with Gasteiger partial charge in [-0.1, -0.05) is 13.8 Å². The third kappa shape index (κ3) is 3.26. The van der Waals surface area contributed by atoms with Crippen LogP contribution in [0.5, 0.6) is 0 Å². The smallest absolute Gasteiger partial charge is 0.243 e. The predicted octanol–water partition coefficient (Wildman–Crippen LogP) is 1.01. The van der Waals surface area contributed by atoms with Crippen LogP contribution in [-0.4, -0.2) is 38.0 Å². The second kappa shape index (κ2) is 6.36. The van der Waals surface area contributed by atoms with Crippen LogP contribution in [0.4, 0.5) is 5.69 Å². The number of aliphatic hydroxyl groups is 1. The molecule has 0 atom stereocenters. The molecule has 0 aliphatic carbocycles. The van der Waals surface area contributed by atoms with E-state index in [1.165, 1.54) is 7.05 Å². The van der Waals surface area contributed by atoms with Gasteiger partial charge in [0.05, 0.1) is 11.5 Å². The topological polar surface area (TPSA) is 83.6 Å². The van der Waals surface area contributed by atoms with Gasteiger partial charge in [0.1, 0.15) is 0 Å². The molecule has 1 aromatic carbocycles. The predicted molar refractivity (Wildman–Crippen MR) is 76.5 cm³/mol. The summed E-state index contributed by atoms with van der Waals surface area (Å²) in [5.74, 6) is 0. The monoisotopic (exact) mass is 286 g/mol. The largest absolute Gasteiger partial charge is 0.398 e. The molecular weight excluding hydrogens is 264 g/mol. The van der Waals surface area contributed by atoms with Crippen molar-refractivity contribution in [3.63, 3.8) is 0 Å². The maximum atomic E-state index is 12.5. The van der Waals surface area contributed by atoms with Crippen LogP contribution in [0.15, 0.2) is 17.0 Å². The number of hydrogen-bond acceptors (Lipinski definition) is 4. The van der Waals surface area contributed by atoms with Crippen LogP contribution < -0.4 is 5.73 Å². The standard InChI is InChI=1S/C13H22N2O3S/c1-4-10-8-12(14)11(5-2)13(9-10)19(17,18)15(3)6-7-16/h8-9,16H,4-7,14H2,1-3H3. The molecule has 5 nitrogen and oxygen atoms in total. The number of aliphatic hydroxyl groups excluding tert-OH is 1. The Morgan fingerprint density at radius 2 is 1.89 bits per heavy atom. The highest BCUT2D eigenvalue weighted by atomic mass is 32.2. The van der Waals surface area contributed by atoms with E-state index in [4.69, 9.17) is 10.8 Å². The number of anilines is 1. The summed E-state index contributed by atoms with van der Waals surface area (Å²) in [6.45, 7) is 3.69. The lowest BCUT2D eigenvalue weighted by Gasteiger charge is -2.20. The van der Waals surface area contributed by atoms with Crippen molar-refractivity contribution in [2.24, 2.45) is 0 Å². The Morgan fingerprint density at radius 1 is 1.26 bits per heavy atom. The summed E-state index contributed by atoms with van der Waals surface area (Å²) >= 11 is 0. The van der Waals surface area contributed by atoms with Crippen molar-refractivity contribution in [1.29, 1.82) is 0 Å². The summed E-state index contributed by atoms with van der Waals surface area (Å²) in [7, 11) is -2.15. The van der Waals surface area contributed by atoms with E-state index >= 15 is 0 Å². The van der Waals surface area contributed by atoms with E-state index in [2.05, 4.69) is 0 Å². The molecule has 19 heavy (non-hydrogen) atoms. The molecule has 1 aromatic rings. The SMILES string of the molecule is CCc1cc(N)c(CC)c(S(=O)(=O)N(C)CCO)c1. The molecular formula is C13H22N2O3S. The second-order valence-corrected chi connectivity index (χ2v) is 6.43. The highest BCUT2D eigenvalue weighted by molar-refractivity contribution is 7.89. The molecule has 0 spiro atoms. The third-order valence-electron chi connectivity index (χ3n) is 3.17. The molecule has 0 aromatic heterocycles. The molecule has 0 saturated heterocycles. The number of sulfonamides is 1. The van der Waals surface area contributed by atoms with Gasteiger partial charge in [0.2, 0.25) is 10.0 Å². The van der Waals surface area contributed by atoms with Crippen molar-refractivity contribution >= 4 is 15.7 Å². The minimum atomic E-state index is -3.61. The fourth-order valence-corrected chi connectivity index (χ4v) is 3.50. The molecule has 0 fully saturated rings. The molecule has 1 rings (SSSR count). The Labute approximate surface area is 115 Å². The first kappa shape index (κ1) is 15.9. The molecule has 0 unspecified atom stereocenters. The molecule has 6 heteroatoms. The van der Waals surface area contributed by atoms with Crippen molar-refractivity contribution in [3.8, 4) is 0 Å². The number of nitrogens with two attached hydrogens (primary N) is 1. The maximum Gasteiger partial charge on any atom is 0.243 e. The number of likely N-dealkylation sites (N-methyl/N-ethyl adjacent to an activating group) is 1. The zero-order chi connectivity index (χ0) is 14.6. The van der Waals surface area contributed by atoms with Crippen LogP contribution in [0, 0.1) is 0 Å². The number of rotatable bonds is 6. The van der Waals surface area contributed by atoms with Crippen LogP contribution in [0.3, 0.4) is 0 Å².